The van der Waals surface area contributed by atoms with Crippen LogP contribution >= 0.6 is 0 Å². The van der Waals surface area contributed by atoms with Crippen molar-refractivity contribution in [3.05, 3.63) is 0 Å². The van der Waals surface area contributed by atoms with Crippen LogP contribution in [0.15, 0.2) is 0 Å². The molecule has 2 heteroatoms. The normalized spacial score (nSPS) is 27.7. The average molecular weight is 169 g/mol. The monoisotopic (exact) mass is 169 g/mol. The van der Waals surface area contributed by atoms with E-state index < -0.39 is 0 Å². The molecule has 1 rings (SSSR count). The van der Waals surface area contributed by atoms with Gasteiger partial charge < -0.3 is 4.90 Å². The van der Waals surface area contributed by atoms with Crippen molar-refractivity contribution in [1.82, 2.24) is 4.90 Å². The third-order valence-electron chi connectivity index (χ3n) is 2.67. The van der Waals surface area contributed by atoms with Crippen LogP contribution in [0.25, 0.3) is 0 Å². The lowest BCUT2D eigenvalue weighted by molar-refractivity contribution is -0.117. The smallest absolute Gasteiger partial charge is 0.131 e. The number of carbonyl (C=O) groups is 1. The fraction of sp³-hybridized carbons (Fsp3) is 0.900. The van der Waals surface area contributed by atoms with Gasteiger partial charge in [0.2, 0.25) is 0 Å². The van der Waals surface area contributed by atoms with Crippen molar-refractivity contribution in [3.8, 4) is 0 Å². The first kappa shape index (κ1) is 9.72. The molecule has 0 heterocycles. The molecule has 0 saturated heterocycles. The molecular weight excluding hydrogens is 150 g/mol. The van der Waals surface area contributed by atoms with Crippen molar-refractivity contribution >= 4 is 5.78 Å². The maximum Gasteiger partial charge on any atom is 0.131 e. The molecule has 0 radical (unpaired) electrons. The zero-order valence-corrected chi connectivity index (χ0v) is 8.34. The van der Waals surface area contributed by atoms with Crippen LogP contribution in [0.2, 0.25) is 0 Å². The summed E-state index contributed by atoms with van der Waals surface area (Å²) in [6.45, 7) is 6.06. The van der Waals surface area contributed by atoms with Crippen LogP contribution in [0.4, 0.5) is 0 Å². The summed E-state index contributed by atoms with van der Waals surface area (Å²) in [5.74, 6) is 2.12. The van der Waals surface area contributed by atoms with Gasteiger partial charge in [0.15, 0.2) is 0 Å². The van der Waals surface area contributed by atoms with Crippen molar-refractivity contribution < 1.29 is 4.79 Å². The van der Waals surface area contributed by atoms with E-state index in [2.05, 4.69) is 18.9 Å². The summed E-state index contributed by atoms with van der Waals surface area (Å²) in [4.78, 5) is 13.0. The molecule has 2 nitrogen and oxygen atoms in total. The number of hydrogen-bond donors (Lipinski definition) is 0. The van der Waals surface area contributed by atoms with Gasteiger partial charge in [-0.2, -0.15) is 0 Å². The lowest BCUT2D eigenvalue weighted by Crippen LogP contribution is -2.23. The Hall–Kier alpha value is -0.370. The Balaban J connectivity index is 2.04. The molecule has 0 aromatic heterocycles. The fourth-order valence-corrected chi connectivity index (χ4v) is 1.49. The number of ketones is 1. The molecule has 2 atom stereocenters. The van der Waals surface area contributed by atoms with E-state index in [0.29, 0.717) is 12.2 Å². The summed E-state index contributed by atoms with van der Waals surface area (Å²) in [6, 6.07) is 0. The molecule has 0 aromatic rings. The minimum absolute atomic E-state index is 0.297. The van der Waals surface area contributed by atoms with Crippen LogP contribution < -0.4 is 0 Å². The summed E-state index contributed by atoms with van der Waals surface area (Å²) >= 11 is 0. The molecule has 0 N–H and O–H groups in total. The Labute approximate surface area is 74.9 Å². The lowest BCUT2D eigenvalue weighted by Gasteiger charge is -2.14. The SMILES string of the molecule is CC(=O)CCN(C)CC1CC1C. The van der Waals surface area contributed by atoms with Gasteiger partial charge >= 0.3 is 0 Å². The molecule has 1 fully saturated rings. The maximum absolute atomic E-state index is 10.7. The summed E-state index contributed by atoms with van der Waals surface area (Å²) in [6.07, 6.45) is 2.09. The lowest BCUT2D eigenvalue weighted by atomic mass is 10.2. The summed E-state index contributed by atoms with van der Waals surface area (Å²) in [7, 11) is 2.11. The number of Topliss-reactive ketones (excluding diaryl/α,β-unsaturated/α-hetero) is 1. The first-order valence-electron chi connectivity index (χ1n) is 4.77. The molecular formula is C10H19NO. The Kier molecular flexibility index (Phi) is 3.27. The molecule has 0 aromatic carbocycles. The highest BCUT2D eigenvalue weighted by atomic mass is 16.1. The number of nitrogens with zero attached hydrogens (tertiary/aromatic N) is 1. The largest absolute Gasteiger partial charge is 0.306 e. The van der Waals surface area contributed by atoms with E-state index in [0.717, 1.165) is 18.4 Å². The minimum atomic E-state index is 0.297. The van der Waals surface area contributed by atoms with Gasteiger partial charge in [0.25, 0.3) is 0 Å². The van der Waals surface area contributed by atoms with Gasteiger partial charge in [0.05, 0.1) is 0 Å². The molecule has 0 amide bonds. The second-order valence-electron chi connectivity index (χ2n) is 4.19. The Morgan fingerprint density at radius 3 is 2.58 bits per heavy atom. The molecule has 1 saturated carbocycles. The van der Waals surface area contributed by atoms with Gasteiger partial charge in [-0.15, -0.1) is 0 Å². The van der Waals surface area contributed by atoms with E-state index >= 15 is 0 Å². The second-order valence-corrected chi connectivity index (χ2v) is 4.19. The van der Waals surface area contributed by atoms with Crippen molar-refractivity contribution in [3.63, 3.8) is 0 Å². The number of hydrogen-bond acceptors (Lipinski definition) is 2. The van der Waals surface area contributed by atoms with E-state index in [1.54, 1.807) is 6.92 Å². The zero-order valence-electron chi connectivity index (χ0n) is 8.34. The van der Waals surface area contributed by atoms with Crippen LogP contribution in [0.5, 0.6) is 0 Å². The zero-order chi connectivity index (χ0) is 9.14. The van der Waals surface area contributed by atoms with Crippen LogP contribution in [0.1, 0.15) is 26.7 Å². The predicted octanol–water partition coefficient (Wildman–Crippen LogP) is 1.55. The van der Waals surface area contributed by atoms with E-state index in [-0.39, 0.29) is 0 Å². The van der Waals surface area contributed by atoms with Gasteiger partial charge in [-0.1, -0.05) is 6.92 Å². The van der Waals surface area contributed by atoms with E-state index in [1.807, 2.05) is 0 Å². The third kappa shape index (κ3) is 3.35. The molecule has 1 aliphatic rings. The summed E-state index contributed by atoms with van der Waals surface area (Å²) < 4.78 is 0. The Bertz CT molecular complexity index is 167. The highest BCUT2D eigenvalue weighted by Crippen LogP contribution is 2.37. The molecule has 1 aliphatic carbocycles. The average Bonchev–Trinajstić information content (AvgIpc) is 2.62. The molecule has 0 spiro atoms. The van der Waals surface area contributed by atoms with Gasteiger partial charge in [0, 0.05) is 19.5 Å². The van der Waals surface area contributed by atoms with Crippen molar-refractivity contribution in [2.24, 2.45) is 11.8 Å². The first-order chi connectivity index (χ1) is 5.59. The fourth-order valence-electron chi connectivity index (χ4n) is 1.49. The Morgan fingerprint density at radius 1 is 1.58 bits per heavy atom. The van der Waals surface area contributed by atoms with Gasteiger partial charge in [-0.25, -0.2) is 0 Å². The maximum atomic E-state index is 10.7. The summed E-state index contributed by atoms with van der Waals surface area (Å²) in [5.41, 5.74) is 0. The molecule has 12 heavy (non-hydrogen) atoms. The van der Waals surface area contributed by atoms with Crippen LogP contribution in [-0.2, 0) is 4.79 Å². The molecule has 0 aliphatic heterocycles. The highest BCUT2D eigenvalue weighted by molar-refractivity contribution is 5.75. The van der Waals surface area contributed by atoms with Crippen LogP contribution in [0, 0.1) is 11.8 Å². The topological polar surface area (TPSA) is 20.3 Å². The molecule has 70 valence electrons. The van der Waals surface area contributed by atoms with E-state index in [4.69, 9.17) is 0 Å². The van der Waals surface area contributed by atoms with E-state index in [9.17, 15) is 4.79 Å². The Morgan fingerprint density at radius 2 is 2.17 bits per heavy atom. The van der Waals surface area contributed by atoms with Gasteiger partial charge in [-0.05, 0) is 32.2 Å². The quantitative estimate of drug-likeness (QED) is 0.622. The number of rotatable bonds is 5. The third-order valence-corrected chi connectivity index (χ3v) is 2.67. The summed E-state index contributed by atoms with van der Waals surface area (Å²) in [5, 5.41) is 0. The number of carbonyl (C=O) groups excluding carboxylic acids is 1. The molecule has 2 unspecified atom stereocenters. The van der Waals surface area contributed by atoms with Crippen LogP contribution in [-0.4, -0.2) is 30.8 Å². The first-order valence-corrected chi connectivity index (χ1v) is 4.77. The van der Waals surface area contributed by atoms with Gasteiger partial charge in [0.1, 0.15) is 5.78 Å². The standard InChI is InChI=1S/C10H19NO/c1-8-6-10(8)7-11(3)5-4-9(2)12/h8,10H,4-7H2,1-3H3. The molecule has 0 bridgehead atoms. The van der Waals surface area contributed by atoms with Gasteiger partial charge in [-0.3, -0.25) is 4.79 Å². The second kappa shape index (κ2) is 4.04. The van der Waals surface area contributed by atoms with Crippen LogP contribution in [0.3, 0.4) is 0 Å². The highest BCUT2D eigenvalue weighted by Gasteiger charge is 2.32. The van der Waals surface area contributed by atoms with E-state index in [1.165, 1.54) is 13.0 Å². The van der Waals surface area contributed by atoms with Crippen molar-refractivity contribution in [2.75, 3.05) is 20.1 Å². The van der Waals surface area contributed by atoms with Crippen molar-refractivity contribution in [1.29, 1.82) is 0 Å². The van der Waals surface area contributed by atoms with Crippen molar-refractivity contribution in [2.45, 2.75) is 26.7 Å². The minimum Gasteiger partial charge on any atom is -0.306 e. The predicted molar refractivity (Wildman–Crippen MR) is 50.1 cm³/mol.